The average molecular weight is 359 g/mol. The van der Waals surface area contributed by atoms with Crippen LogP contribution < -0.4 is 10.6 Å². The highest BCUT2D eigenvalue weighted by Gasteiger charge is 2.15. The van der Waals surface area contributed by atoms with Gasteiger partial charge in [0.25, 0.3) is 0 Å². The van der Waals surface area contributed by atoms with Gasteiger partial charge in [0.05, 0.1) is 17.1 Å². The van der Waals surface area contributed by atoms with Gasteiger partial charge in [0.2, 0.25) is 5.95 Å². The highest BCUT2D eigenvalue weighted by Crippen LogP contribution is 2.26. The summed E-state index contributed by atoms with van der Waals surface area (Å²) in [6.45, 7) is 3.83. The van der Waals surface area contributed by atoms with Crippen LogP contribution in [0.3, 0.4) is 0 Å². The normalized spacial score (nSPS) is 10.8. The maximum Gasteiger partial charge on any atom is 0.225 e. The third kappa shape index (κ3) is 3.90. The Kier molecular flexibility index (Phi) is 5.01. The second kappa shape index (κ2) is 7.38. The first-order valence-electron chi connectivity index (χ1n) is 7.91. The first kappa shape index (κ1) is 17.7. The summed E-state index contributed by atoms with van der Waals surface area (Å²) < 4.78 is 40.5. The van der Waals surface area contributed by atoms with Crippen LogP contribution in [0.5, 0.6) is 0 Å². The molecule has 8 heteroatoms. The molecule has 0 fully saturated rings. The summed E-state index contributed by atoms with van der Waals surface area (Å²) >= 11 is 0. The maximum absolute atomic E-state index is 13.9. The van der Waals surface area contributed by atoms with Crippen LogP contribution in [-0.2, 0) is 0 Å². The fourth-order valence-corrected chi connectivity index (χ4v) is 2.24. The number of hydrogen-bond acceptors (Lipinski definition) is 5. The molecule has 0 radical (unpaired) electrons. The minimum atomic E-state index is -1.55. The van der Waals surface area contributed by atoms with E-state index in [1.807, 2.05) is 19.9 Å². The predicted molar refractivity (Wildman–Crippen MR) is 93.6 cm³/mol. The van der Waals surface area contributed by atoms with Crippen molar-refractivity contribution >= 4 is 17.5 Å². The Morgan fingerprint density at radius 3 is 2.42 bits per heavy atom. The zero-order valence-electron chi connectivity index (χ0n) is 14.1. The van der Waals surface area contributed by atoms with Crippen LogP contribution in [0.4, 0.5) is 30.6 Å². The van der Waals surface area contributed by atoms with Crippen LogP contribution in [-0.4, -0.2) is 21.0 Å². The van der Waals surface area contributed by atoms with Crippen LogP contribution in [0.15, 0.2) is 42.6 Å². The molecule has 0 unspecified atom stereocenters. The molecule has 0 saturated heterocycles. The van der Waals surface area contributed by atoms with Gasteiger partial charge in [-0.05, 0) is 38.1 Å². The van der Waals surface area contributed by atoms with E-state index in [1.54, 1.807) is 24.4 Å². The molecule has 0 atom stereocenters. The van der Waals surface area contributed by atoms with Crippen molar-refractivity contribution in [2.45, 2.75) is 19.9 Å². The van der Waals surface area contributed by atoms with Crippen molar-refractivity contribution in [2.75, 3.05) is 10.6 Å². The number of rotatable bonds is 5. The number of pyridine rings is 1. The van der Waals surface area contributed by atoms with E-state index < -0.39 is 17.5 Å². The highest BCUT2D eigenvalue weighted by atomic mass is 19.2. The summed E-state index contributed by atoms with van der Waals surface area (Å²) in [7, 11) is 0. The van der Waals surface area contributed by atoms with Gasteiger partial charge in [0.1, 0.15) is 5.82 Å². The van der Waals surface area contributed by atoms with Crippen LogP contribution in [0.1, 0.15) is 13.8 Å². The summed E-state index contributed by atoms with van der Waals surface area (Å²) in [6.07, 6.45) is 1.62. The van der Waals surface area contributed by atoms with Crippen LogP contribution in [0, 0.1) is 17.5 Å². The van der Waals surface area contributed by atoms with Gasteiger partial charge in [-0.15, -0.1) is 0 Å². The fourth-order valence-electron chi connectivity index (χ4n) is 2.24. The van der Waals surface area contributed by atoms with Gasteiger partial charge in [-0.25, -0.2) is 18.2 Å². The lowest BCUT2D eigenvalue weighted by atomic mass is 10.2. The van der Waals surface area contributed by atoms with E-state index in [0.29, 0.717) is 17.3 Å². The number of nitrogens with one attached hydrogen (secondary N) is 2. The molecule has 3 aromatic rings. The van der Waals surface area contributed by atoms with E-state index >= 15 is 0 Å². The van der Waals surface area contributed by atoms with E-state index in [4.69, 9.17) is 0 Å². The van der Waals surface area contributed by atoms with Crippen molar-refractivity contribution in [3.8, 4) is 11.4 Å². The molecule has 3 rings (SSSR count). The lowest BCUT2D eigenvalue weighted by molar-refractivity contribution is 0.449. The van der Waals surface area contributed by atoms with Gasteiger partial charge in [-0.1, -0.05) is 6.07 Å². The van der Waals surface area contributed by atoms with E-state index in [9.17, 15) is 13.2 Å². The van der Waals surface area contributed by atoms with Crippen LogP contribution in [0.2, 0.25) is 0 Å². The molecule has 26 heavy (non-hydrogen) atoms. The van der Waals surface area contributed by atoms with Crippen molar-refractivity contribution < 1.29 is 13.2 Å². The van der Waals surface area contributed by atoms with Gasteiger partial charge in [0.15, 0.2) is 17.5 Å². The smallest absolute Gasteiger partial charge is 0.225 e. The Labute approximate surface area is 148 Å². The number of aromatic nitrogens is 3. The van der Waals surface area contributed by atoms with Crippen LogP contribution >= 0.6 is 0 Å². The summed E-state index contributed by atoms with van der Waals surface area (Å²) in [5.74, 6) is -3.61. The van der Waals surface area contributed by atoms with Gasteiger partial charge >= 0.3 is 0 Å². The molecular formula is C18H16F3N5. The molecular weight excluding hydrogens is 343 g/mol. The summed E-state index contributed by atoms with van der Waals surface area (Å²) in [4.78, 5) is 12.9. The largest absolute Gasteiger partial charge is 0.352 e. The summed E-state index contributed by atoms with van der Waals surface area (Å²) in [5.41, 5.74) is 0.856. The van der Waals surface area contributed by atoms with E-state index in [2.05, 4.69) is 25.6 Å². The molecule has 2 aromatic heterocycles. The third-order valence-electron chi connectivity index (χ3n) is 3.37. The minimum Gasteiger partial charge on any atom is -0.352 e. The monoisotopic (exact) mass is 359 g/mol. The Morgan fingerprint density at radius 1 is 0.923 bits per heavy atom. The molecule has 0 aliphatic heterocycles. The second-order valence-corrected chi connectivity index (χ2v) is 5.82. The molecule has 0 bridgehead atoms. The van der Waals surface area contributed by atoms with Crippen LogP contribution in [0.25, 0.3) is 11.4 Å². The lowest BCUT2D eigenvalue weighted by Gasteiger charge is -2.13. The molecule has 0 aliphatic rings. The van der Waals surface area contributed by atoms with E-state index in [-0.39, 0.29) is 17.5 Å². The quantitative estimate of drug-likeness (QED) is 0.656. The number of hydrogen-bond donors (Lipinski definition) is 2. The molecule has 0 spiro atoms. The van der Waals surface area contributed by atoms with Gasteiger partial charge in [0, 0.05) is 18.3 Å². The predicted octanol–water partition coefficient (Wildman–Crippen LogP) is 4.52. The minimum absolute atomic E-state index is 0.0573. The Morgan fingerprint density at radius 2 is 1.73 bits per heavy atom. The lowest BCUT2D eigenvalue weighted by Crippen LogP contribution is -2.13. The zero-order chi connectivity index (χ0) is 18.7. The Balaban J connectivity index is 2.02. The number of anilines is 3. The van der Waals surface area contributed by atoms with E-state index in [1.165, 1.54) is 0 Å². The van der Waals surface area contributed by atoms with Crippen molar-refractivity contribution in [1.29, 1.82) is 0 Å². The van der Waals surface area contributed by atoms with E-state index in [0.717, 1.165) is 12.1 Å². The molecule has 2 heterocycles. The second-order valence-electron chi connectivity index (χ2n) is 5.82. The molecule has 134 valence electrons. The zero-order valence-corrected chi connectivity index (χ0v) is 14.1. The average Bonchev–Trinajstić information content (AvgIpc) is 2.62. The molecule has 2 N–H and O–H groups in total. The number of benzene rings is 1. The first-order chi connectivity index (χ1) is 12.4. The standard InChI is InChI=1S/C18H16F3N5/c1-10(2)23-18-25-14(12-5-3-4-8-22-12)9-15(26-18)24-13-7-6-11(19)16(20)17(13)21/h3-10H,1-2H3,(H2,23,24,25,26). The third-order valence-corrected chi connectivity index (χ3v) is 3.37. The van der Waals surface area contributed by atoms with Crippen molar-refractivity contribution in [1.82, 2.24) is 15.0 Å². The van der Waals surface area contributed by atoms with Gasteiger partial charge in [-0.2, -0.15) is 4.98 Å². The molecule has 1 aromatic carbocycles. The Hall–Kier alpha value is -3.16. The van der Waals surface area contributed by atoms with Gasteiger partial charge in [-0.3, -0.25) is 4.98 Å². The SMILES string of the molecule is CC(C)Nc1nc(Nc2ccc(F)c(F)c2F)cc(-c2ccccn2)n1. The highest BCUT2D eigenvalue weighted by molar-refractivity contribution is 5.65. The van der Waals surface area contributed by atoms with Gasteiger partial charge < -0.3 is 10.6 Å². The summed E-state index contributed by atoms with van der Waals surface area (Å²) in [5, 5.41) is 5.72. The van der Waals surface area contributed by atoms with Crippen molar-refractivity contribution in [3.05, 3.63) is 60.0 Å². The molecule has 0 saturated carbocycles. The molecule has 5 nitrogen and oxygen atoms in total. The summed E-state index contributed by atoms with van der Waals surface area (Å²) in [6, 6.07) is 8.90. The fraction of sp³-hybridized carbons (Fsp3) is 0.167. The number of nitrogens with zero attached hydrogens (tertiary/aromatic N) is 3. The van der Waals surface area contributed by atoms with Crippen molar-refractivity contribution in [3.63, 3.8) is 0 Å². The molecule has 0 aliphatic carbocycles. The first-order valence-corrected chi connectivity index (χ1v) is 7.91. The topological polar surface area (TPSA) is 62.7 Å². The maximum atomic E-state index is 13.9. The Bertz CT molecular complexity index is 916. The number of halogens is 3. The van der Waals surface area contributed by atoms with Crippen molar-refractivity contribution in [2.24, 2.45) is 0 Å². The molecule has 0 amide bonds.